The van der Waals surface area contributed by atoms with Crippen molar-refractivity contribution in [3.05, 3.63) is 29.3 Å². The first-order valence-electron chi connectivity index (χ1n) is 5.90. The van der Waals surface area contributed by atoms with E-state index in [4.69, 9.17) is 4.74 Å². The molecular weight excluding hydrogens is 214 g/mol. The van der Waals surface area contributed by atoms with E-state index >= 15 is 0 Å². The molecule has 0 aliphatic heterocycles. The van der Waals surface area contributed by atoms with Crippen molar-refractivity contribution in [2.75, 3.05) is 7.11 Å². The van der Waals surface area contributed by atoms with E-state index in [0.717, 1.165) is 16.9 Å². The van der Waals surface area contributed by atoms with Crippen LogP contribution in [0.25, 0.3) is 0 Å². The Balaban J connectivity index is 2.91. The molecule has 1 N–H and O–H groups in total. The number of benzene rings is 1. The first-order chi connectivity index (χ1) is 7.95. The Kier molecular flexibility index (Phi) is 4.55. The highest BCUT2D eigenvalue weighted by Gasteiger charge is 2.15. The summed E-state index contributed by atoms with van der Waals surface area (Å²) in [4.78, 5) is 11.7. The fraction of sp³-hybridized carbons (Fsp3) is 0.500. The molecule has 0 heterocycles. The predicted octanol–water partition coefficient (Wildman–Crippen LogP) is 2.84. The third-order valence-corrected chi connectivity index (χ3v) is 2.73. The summed E-state index contributed by atoms with van der Waals surface area (Å²) in [5.74, 6) is 0.862. The Morgan fingerprint density at radius 3 is 2.47 bits per heavy atom. The molecule has 3 heteroatoms. The van der Waals surface area contributed by atoms with E-state index in [1.807, 2.05) is 45.9 Å². The van der Waals surface area contributed by atoms with E-state index in [1.165, 1.54) is 0 Å². The van der Waals surface area contributed by atoms with Gasteiger partial charge in [-0.2, -0.15) is 0 Å². The second-order valence-electron chi connectivity index (χ2n) is 4.63. The summed E-state index contributed by atoms with van der Waals surface area (Å²) in [7, 11) is 1.64. The second-order valence-corrected chi connectivity index (χ2v) is 4.63. The average molecular weight is 235 g/mol. The molecule has 0 saturated heterocycles. The Bertz CT molecular complexity index is 399. The van der Waals surface area contributed by atoms with Crippen molar-refractivity contribution in [2.45, 2.75) is 33.7 Å². The quantitative estimate of drug-likeness (QED) is 0.871. The van der Waals surface area contributed by atoms with Crippen molar-refractivity contribution in [3.8, 4) is 5.75 Å². The molecule has 0 radical (unpaired) electrons. The summed E-state index contributed by atoms with van der Waals surface area (Å²) in [6.07, 6.45) is 0. The van der Waals surface area contributed by atoms with Crippen molar-refractivity contribution in [3.63, 3.8) is 0 Å². The minimum Gasteiger partial charge on any atom is -0.496 e. The first-order valence-corrected chi connectivity index (χ1v) is 5.90. The van der Waals surface area contributed by atoms with Crippen LogP contribution >= 0.6 is 0 Å². The van der Waals surface area contributed by atoms with Gasteiger partial charge >= 0.3 is 0 Å². The third-order valence-electron chi connectivity index (χ3n) is 2.73. The molecule has 1 amide bonds. The van der Waals surface area contributed by atoms with Gasteiger partial charge in [-0.3, -0.25) is 4.79 Å². The van der Waals surface area contributed by atoms with E-state index in [2.05, 4.69) is 5.32 Å². The lowest BCUT2D eigenvalue weighted by molar-refractivity contribution is -0.124. The molecule has 3 nitrogen and oxygen atoms in total. The largest absolute Gasteiger partial charge is 0.496 e. The van der Waals surface area contributed by atoms with E-state index < -0.39 is 0 Å². The molecule has 17 heavy (non-hydrogen) atoms. The third kappa shape index (κ3) is 3.48. The molecule has 0 aliphatic carbocycles. The van der Waals surface area contributed by atoms with Crippen molar-refractivity contribution in [1.29, 1.82) is 0 Å². The van der Waals surface area contributed by atoms with Gasteiger partial charge in [0.15, 0.2) is 0 Å². The topological polar surface area (TPSA) is 38.3 Å². The Labute approximate surface area is 103 Å². The smallest absolute Gasteiger partial charge is 0.223 e. The molecule has 0 spiro atoms. The fourth-order valence-electron chi connectivity index (χ4n) is 1.65. The number of amides is 1. The maximum atomic E-state index is 11.7. The maximum absolute atomic E-state index is 11.7. The molecule has 0 saturated carbocycles. The summed E-state index contributed by atoms with van der Waals surface area (Å²) in [6.45, 7) is 7.77. The molecule has 1 rings (SSSR count). The van der Waals surface area contributed by atoms with E-state index in [0.29, 0.717) is 0 Å². The van der Waals surface area contributed by atoms with Gasteiger partial charge in [0.1, 0.15) is 5.75 Å². The Morgan fingerprint density at radius 2 is 1.94 bits per heavy atom. The Morgan fingerprint density at radius 1 is 1.29 bits per heavy atom. The summed E-state index contributed by atoms with van der Waals surface area (Å²) in [6, 6.07) is 5.94. The van der Waals surface area contributed by atoms with Crippen LogP contribution in [0.2, 0.25) is 0 Å². The monoisotopic (exact) mass is 235 g/mol. The van der Waals surface area contributed by atoms with Crippen molar-refractivity contribution < 1.29 is 9.53 Å². The zero-order valence-corrected chi connectivity index (χ0v) is 11.2. The minimum atomic E-state index is -0.0419. The Hall–Kier alpha value is -1.51. The standard InChI is InChI=1S/C14H21NO2/c1-9(2)14(16)15-11(4)12-8-10(3)6-7-13(12)17-5/h6-9,11H,1-5H3,(H,15,16). The molecule has 1 aromatic rings. The summed E-state index contributed by atoms with van der Waals surface area (Å²) >= 11 is 0. The lowest BCUT2D eigenvalue weighted by atomic mass is 10.0. The second kappa shape index (κ2) is 5.71. The zero-order valence-electron chi connectivity index (χ0n) is 11.2. The van der Waals surface area contributed by atoms with Crippen LogP contribution in [0.15, 0.2) is 18.2 Å². The minimum absolute atomic E-state index is 0.00625. The molecule has 0 bridgehead atoms. The van der Waals surface area contributed by atoms with Crippen LogP contribution in [0.4, 0.5) is 0 Å². The molecular formula is C14H21NO2. The fourth-order valence-corrected chi connectivity index (χ4v) is 1.65. The van der Waals surface area contributed by atoms with Gasteiger partial charge in [0.2, 0.25) is 5.91 Å². The molecule has 0 aliphatic rings. The molecule has 1 aromatic carbocycles. The highest BCUT2D eigenvalue weighted by atomic mass is 16.5. The highest BCUT2D eigenvalue weighted by Crippen LogP contribution is 2.26. The van der Waals surface area contributed by atoms with Crippen molar-refractivity contribution in [2.24, 2.45) is 5.92 Å². The number of hydrogen-bond donors (Lipinski definition) is 1. The van der Waals surface area contributed by atoms with Gasteiger partial charge in [0, 0.05) is 11.5 Å². The first kappa shape index (κ1) is 13.6. The van der Waals surface area contributed by atoms with Gasteiger partial charge in [-0.25, -0.2) is 0 Å². The number of aryl methyl sites for hydroxylation is 1. The zero-order chi connectivity index (χ0) is 13.0. The number of carbonyl (C=O) groups is 1. The van der Waals surface area contributed by atoms with Crippen LogP contribution in [0, 0.1) is 12.8 Å². The number of nitrogens with one attached hydrogen (secondary N) is 1. The predicted molar refractivity (Wildman–Crippen MR) is 69.1 cm³/mol. The van der Waals surface area contributed by atoms with Gasteiger partial charge in [0.25, 0.3) is 0 Å². The van der Waals surface area contributed by atoms with Gasteiger partial charge in [-0.1, -0.05) is 31.5 Å². The molecule has 94 valence electrons. The lowest BCUT2D eigenvalue weighted by Crippen LogP contribution is -2.30. The molecule has 0 aromatic heterocycles. The summed E-state index contributed by atoms with van der Waals surface area (Å²) in [5, 5.41) is 2.98. The van der Waals surface area contributed by atoms with Crippen LogP contribution < -0.4 is 10.1 Å². The number of carbonyl (C=O) groups excluding carboxylic acids is 1. The van der Waals surface area contributed by atoms with Crippen LogP contribution in [-0.4, -0.2) is 13.0 Å². The van der Waals surface area contributed by atoms with Gasteiger partial charge in [-0.05, 0) is 19.9 Å². The summed E-state index contributed by atoms with van der Waals surface area (Å²) < 4.78 is 5.31. The summed E-state index contributed by atoms with van der Waals surface area (Å²) in [5.41, 5.74) is 2.17. The van der Waals surface area contributed by atoms with Crippen LogP contribution in [0.1, 0.15) is 37.9 Å². The van der Waals surface area contributed by atoms with Crippen LogP contribution in [-0.2, 0) is 4.79 Å². The van der Waals surface area contributed by atoms with E-state index in [-0.39, 0.29) is 17.9 Å². The SMILES string of the molecule is COc1ccc(C)cc1C(C)NC(=O)C(C)C. The van der Waals surface area contributed by atoms with Crippen LogP contribution in [0.3, 0.4) is 0 Å². The number of methoxy groups -OCH3 is 1. The molecule has 0 fully saturated rings. The maximum Gasteiger partial charge on any atom is 0.223 e. The van der Waals surface area contributed by atoms with Crippen molar-refractivity contribution in [1.82, 2.24) is 5.32 Å². The van der Waals surface area contributed by atoms with Gasteiger partial charge in [0.05, 0.1) is 13.2 Å². The molecule has 1 atom stereocenters. The lowest BCUT2D eigenvalue weighted by Gasteiger charge is -2.19. The van der Waals surface area contributed by atoms with Crippen molar-refractivity contribution >= 4 is 5.91 Å². The number of rotatable bonds is 4. The average Bonchev–Trinajstić information content (AvgIpc) is 2.28. The highest BCUT2D eigenvalue weighted by molar-refractivity contribution is 5.78. The van der Waals surface area contributed by atoms with Gasteiger partial charge in [-0.15, -0.1) is 0 Å². The van der Waals surface area contributed by atoms with E-state index in [1.54, 1.807) is 7.11 Å². The normalized spacial score (nSPS) is 12.4. The van der Waals surface area contributed by atoms with Gasteiger partial charge < -0.3 is 10.1 Å². The number of ether oxygens (including phenoxy) is 1. The van der Waals surface area contributed by atoms with E-state index in [9.17, 15) is 4.79 Å². The molecule has 1 unspecified atom stereocenters. The van der Waals surface area contributed by atoms with Crippen LogP contribution in [0.5, 0.6) is 5.75 Å². The number of hydrogen-bond acceptors (Lipinski definition) is 2.